The van der Waals surface area contributed by atoms with E-state index in [9.17, 15) is 9.59 Å². The summed E-state index contributed by atoms with van der Waals surface area (Å²) < 4.78 is 2.02. The number of nitrogens with zero attached hydrogens (tertiary/aromatic N) is 4. The van der Waals surface area contributed by atoms with E-state index in [0.29, 0.717) is 32.0 Å². The normalized spacial score (nSPS) is 15.2. The number of carbonyl (C=O) groups excluding carboxylic acids is 2. The van der Waals surface area contributed by atoms with Crippen LogP contribution in [0.15, 0.2) is 18.2 Å². The number of benzene rings is 1. The molecule has 0 unspecified atom stereocenters. The third-order valence-electron chi connectivity index (χ3n) is 5.39. The molecule has 1 aromatic carbocycles. The maximum absolute atomic E-state index is 12.5. The van der Waals surface area contributed by atoms with Gasteiger partial charge < -0.3 is 19.7 Å². The van der Waals surface area contributed by atoms with Crippen LogP contribution in [0.1, 0.15) is 30.7 Å². The predicted octanol–water partition coefficient (Wildman–Crippen LogP) is 2.28. The average molecular weight is 371 g/mol. The number of hydrogen-bond donors (Lipinski definition) is 1. The quantitative estimate of drug-likeness (QED) is 0.896. The van der Waals surface area contributed by atoms with Crippen molar-refractivity contribution in [1.29, 1.82) is 0 Å². The van der Waals surface area contributed by atoms with Gasteiger partial charge in [-0.2, -0.15) is 0 Å². The smallest absolute Gasteiger partial charge is 0.317 e. The predicted molar refractivity (Wildman–Crippen MR) is 105 cm³/mol. The summed E-state index contributed by atoms with van der Waals surface area (Å²) in [7, 11) is 5.54. The lowest BCUT2D eigenvalue weighted by atomic mass is 9.93. The first-order valence-electron chi connectivity index (χ1n) is 9.50. The molecule has 146 valence electrons. The van der Waals surface area contributed by atoms with Gasteiger partial charge in [0.05, 0.1) is 17.6 Å². The lowest BCUT2D eigenvalue weighted by Gasteiger charge is -2.32. The van der Waals surface area contributed by atoms with E-state index in [2.05, 4.69) is 28.5 Å². The van der Waals surface area contributed by atoms with Crippen molar-refractivity contribution < 1.29 is 9.59 Å². The van der Waals surface area contributed by atoms with E-state index in [1.54, 1.807) is 19.0 Å². The van der Waals surface area contributed by atoms with Crippen LogP contribution in [0.4, 0.5) is 4.79 Å². The van der Waals surface area contributed by atoms with Gasteiger partial charge in [0.15, 0.2) is 0 Å². The summed E-state index contributed by atoms with van der Waals surface area (Å²) in [5.74, 6) is 1.37. The van der Waals surface area contributed by atoms with Crippen LogP contribution < -0.4 is 5.32 Å². The van der Waals surface area contributed by atoms with E-state index in [0.717, 1.165) is 29.7 Å². The summed E-state index contributed by atoms with van der Waals surface area (Å²) >= 11 is 0. The third-order valence-corrected chi connectivity index (χ3v) is 5.39. The molecule has 1 N–H and O–H groups in total. The minimum absolute atomic E-state index is 0.0596. The number of aromatic nitrogens is 2. The van der Waals surface area contributed by atoms with E-state index in [4.69, 9.17) is 0 Å². The van der Waals surface area contributed by atoms with Crippen LogP contribution in [0, 0.1) is 12.8 Å². The molecule has 1 saturated heterocycles. The second kappa shape index (κ2) is 7.98. The zero-order valence-corrected chi connectivity index (χ0v) is 16.7. The first-order valence-corrected chi connectivity index (χ1v) is 9.50. The molecule has 3 rings (SSSR count). The molecular weight excluding hydrogens is 342 g/mol. The molecule has 0 saturated carbocycles. The zero-order chi connectivity index (χ0) is 19.6. The Labute approximate surface area is 160 Å². The van der Waals surface area contributed by atoms with Gasteiger partial charge in [0.2, 0.25) is 5.91 Å². The molecule has 7 heteroatoms. The van der Waals surface area contributed by atoms with Gasteiger partial charge in [-0.3, -0.25) is 4.79 Å². The molecule has 0 aliphatic carbocycles. The van der Waals surface area contributed by atoms with E-state index in [1.165, 1.54) is 5.56 Å². The van der Waals surface area contributed by atoms with Crippen LogP contribution in [0.2, 0.25) is 0 Å². The topological polar surface area (TPSA) is 70.5 Å². The number of aryl methyl sites for hydroxylation is 2. The number of nitrogens with one attached hydrogen (secondary N) is 1. The molecule has 27 heavy (non-hydrogen) atoms. The van der Waals surface area contributed by atoms with Crippen LogP contribution in [-0.4, -0.2) is 58.5 Å². The molecule has 1 aromatic heterocycles. The van der Waals surface area contributed by atoms with Gasteiger partial charge >= 0.3 is 6.03 Å². The fraction of sp³-hybridized carbons (Fsp3) is 0.550. The van der Waals surface area contributed by atoms with Gasteiger partial charge in [-0.15, -0.1) is 0 Å². The number of piperidine rings is 1. The summed E-state index contributed by atoms with van der Waals surface area (Å²) in [5.41, 5.74) is 3.19. The molecule has 3 amide bonds. The fourth-order valence-electron chi connectivity index (χ4n) is 3.55. The van der Waals surface area contributed by atoms with Crippen molar-refractivity contribution in [3.8, 4) is 0 Å². The number of likely N-dealkylation sites (tertiary alicyclic amines) is 1. The van der Waals surface area contributed by atoms with Gasteiger partial charge in [-0.1, -0.05) is 6.07 Å². The van der Waals surface area contributed by atoms with Crippen molar-refractivity contribution in [3.05, 3.63) is 29.6 Å². The van der Waals surface area contributed by atoms with E-state index in [-0.39, 0.29) is 11.9 Å². The Hall–Kier alpha value is -2.57. The Bertz CT molecular complexity index is 834. The van der Waals surface area contributed by atoms with Crippen LogP contribution >= 0.6 is 0 Å². The molecule has 1 aliphatic heterocycles. The monoisotopic (exact) mass is 371 g/mol. The van der Waals surface area contributed by atoms with Crippen molar-refractivity contribution in [3.63, 3.8) is 0 Å². The molecule has 1 aliphatic rings. The highest BCUT2D eigenvalue weighted by molar-refractivity contribution is 5.78. The molecule has 0 radical (unpaired) electrons. The van der Waals surface area contributed by atoms with Crippen molar-refractivity contribution in [2.75, 3.05) is 27.2 Å². The highest BCUT2D eigenvalue weighted by atomic mass is 16.2. The van der Waals surface area contributed by atoms with Crippen LogP contribution in [-0.2, 0) is 18.4 Å². The van der Waals surface area contributed by atoms with Gasteiger partial charge in [0, 0.05) is 40.7 Å². The van der Waals surface area contributed by atoms with Crippen molar-refractivity contribution >= 4 is 23.0 Å². The second-order valence-corrected chi connectivity index (χ2v) is 7.66. The Morgan fingerprint density at radius 2 is 1.96 bits per heavy atom. The zero-order valence-electron chi connectivity index (χ0n) is 16.7. The molecular formula is C20H29N5O2. The van der Waals surface area contributed by atoms with Gasteiger partial charge in [0.1, 0.15) is 5.82 Å². The number of urea groups is 1. The van der Waals surface area contributed by atoms with Crippen molar-refractivity contribution in [1.82, 2.24) is 24.7 Å². The molecule has 0 bridgehead atoms. The summed E-state index contributed by atoms with van der Waals surface area (Å²) in [5, 5.41) is 2.99. The largest absolute Gasteiger partial charge is 0.349 e. The summed E-state index contributed by atoms with van der Waals surface area (Å²) in [6.45, 7) is 3.84. The molecule has 0 atom stereocenters. The van der Waals surface area contributed by atoms with Crippen LogP contribution in [0.25, 0.3) is 11.0 Å². The number of rotatable bonds is 4. The first kappa shape index (κ1) is 19.2. The Morgan fingerprint density at radius 1 is 1.26 bits per heavy atom. The van der Waals surface area contributed by atoms with Gasteiger partial charge in [-0.25, -0.2) is 9.78 Å². The first-order chi connectivity index (χ1) is 12.8. The molecule has 7 nitrogen and oxygen atoms in total. The number of carbonyl (C=O) groups is 2. The number of amides is 3. The van der Waals surface area contributed by atoms with E-state index >= 15 is 0 Å². The molecule has 2 heterocycles. The molecule has 0 spiro atoms. The summed E-state index contributed by atoms with van der Waals surface area (Å²) in [6.07, 6.45) is 2.32. The highest BCUT2D eigenvalue weighted by Gasteiger charge is 2.25. The Balaban J connectivity index is 1.52. The second-order valence-electron chi connectivity index (χ2n) is 7.66. The third kappa shape index (κ3) is 4.40. The fourth-order valence-corrected chi connectivity index (χ4v) is 3.55. The lowest BCUT2D eigenvalue weighted by molar-refractivity contribution is -0.129. The molecule has 2 aromatic rings. The minimum atomic E-state index is -0.0596. The minimum Gasteiger partial charge on any atom is -0.349 e. The van der Waals surface area contributed by atoms with Gasteiger partial charge in [0.25, 0.3) is 0 Å². The van der Waals surface area contributed by atoms with Crippen molar-refractivity contribution in [2.24, 2.45) is 13.0 Å². The maximum atomic E-state index is 12.5. The van der Waals surface area contributed by atoms with Crippen LogP contribution in [0.3, 0.4) is 0 Å². The summed E-state index contributed by atoms with van der Waals surface area (Å²) in [4.78, 5) is 32.4. The van der Waals surface area contributed by atoms with E-state index < -0.39 is 0 Å². The van der Waals surface area contributed by atoms with E-state index in [1.807, 2.05) is 23.4 Å². The van der Waals surface area contributed by atoms with Gasteiger partial charge in [-0.05, 0) is 43.4 Å². The number of imidazole rings is 1. The molecule has 1 fully saturated rings. The number of hydrogen-bond acceptors (Lipinski definition) is 3. The van der Waals surface area contributed by atoms with Crippen LogP contribution in [0.5, 0.6) is 0 Å². The Kier molecular flexibility index (Phi) is 5.68. The highest BCUT2D eigenvalue weighted by Crippen LogP contribution is 2.21. The van der Waals surface area contributed by atoms with Crippen molar-refractivity contribution in [2.45, 2.75) is 32.7 Å². The Morgan fingerprint density at radius 3 is 2.63 bits per heavy atom. The SMILES string of the molecule is Cc1ccc2c(c1)nc(CNC(=O)N1CCC(CC(=O)N(C)C)CC1)n2C. The maximum Gasteiger partial charge on any atom is 0.317 e. The number of fused-ring (bicyclic) bond motifs is 1. The summed E-state index contributed by atoms with van der Waals surface area (Å²) in [6, 6.07) is 6.12. The average Bonchev–Trinajstić information content (AvgIpc) is 2.95. The standard InChI is InChI=1S/C20H29N5O2/c1-14-5-6-17-16(11-14)22-18(24(17)4)13-21-20(27)25-9-7-15(8-10-25)12-19(26)23(2)3/h5-6,11,15H,7-10,12-13H2,1-4H3,(H,21,27). The lowest BCUT2D eigenvalue weighted by Crippen LogP contribution is -2.44.